The number of nitrogens with one attached hydrogen (secondary N) is 1. The largest absolute Gasteiger partial charge is 0.377 e. The Morgan fingerprint density at radius 3 is 2.50 bits per heavy atom. The standard InChI is InChI=1S/C17H32N2O/c1-3-16(4-2)14-19(12-15-8-7-11-20-15)17(13-18-16)9-5-6-10-17/h15,18H,3-14H2,1-2H3. The first kappa shape index (κ1) is 14.8. The molecule has 0 aromatic carbocycles. The Balaban J connectivity index is 1.74. The van der Waals surface area contributed by atoms with Gasteiger partial charge in [-0.3, -0.25) is 4.90 Å². The Bertz CT molecular complexity index is 315. The highest BCUT2D eigenvalue weighted by atomic mass is 16.5. The van der Waals surface area contributed by atoms with E-state index in [0.29, 0.717) is 17.2 Å². The summed E-state index contributed by atoms with van der Waals surface area (Å²) in [6.45, 7) is 9.25. The fourth-order valence-corrected chi connectivity index (χ4v) is 4.59. The molecule has 3 nitrogen and oxygen atoms in total. The van der Waals surface area contributed by atoms with Crippen LogP contribution in [0.2, 0.25) is 0 Å². The van der Waals surface area contributed by atoms with Crippen LogP contribution in [0.3, 0.4) is 0 Å². The zero-order valence-corrected chi connectivity index (χ0v) is 13.4. The Morgan fingerprint density at radius 1 is 1.15 bits per heavy atom. The fraction of sp³-hybridized carbons (Fsp3) is 1.00. The molecule has 1 saturated carbocycles. The summed E-state index contributed by atoms with van der Waals surface area (Å²) in [6.07, 6.45) is 11.1. The van der Waals surface area contributed by atoms with Crippen molar-refractivity contribution in [1.29, 1.82) is 0 Å². The lowest BCUT2D eigenvalue weighted by Crippen LogP contribution is -2.69. The summed E-state index contributed by atoms with van der Waals surface area (Å²) in [5, 5.41) is 3.94. The van der Waals surface area contributed by atoms with Gasteiger partial charge in [-0.25, -0.2) is 0 Å². The topological polar surface area (TPSA) is 24.5 Å². The lowest BCUT2D eigenvalue weighted by atomic mass is 9.82. The molecule has 3 heteroatoms. The summed E-state index contributed by atoms with van der Waals surface area (Å²) in [7, 11) is 0. The molecule has 0 aromatic rings. The van der Waals surface area contributed by atoms with E-state index >= 15 is 0 Å². The molecular weight excluding hydrogens is 248 g/mol. The molecule has 116 valence electrons. The van der Waals surface area contributed by atoms with Crippen LogP contribution in [0.15, 0.2) is 0 Å². The van der Waals surface area contributed by atoms with Gasteiger partial charge in [0, 0.05) is 37.3 Å². The zero-order valence-electron chi connectivity index (χ0n) is 13.4. The van der Waals surface area contributed by atoms with E-state index in [1.165, 1.54) is 71.0 Å². The lowest BCUT2D eigenvalue weighted by molar-refractivity contribution is -0.0299. The van der Waals surface area contributed by atoms with Gasteiger partial charge in [0.1, 0.15) is 0 Å². The molecule has 20 heavy (non-hydrogen) atoms. The van der Waals surface area contributed by atoms with E-state index in [4.69, 9.17) is 4.74 Å². The van der Waals surface area contributed by atoms with Gasteiger partial charge in [0.05, 0.1) is 6.10 Å². The van der Waals surface area contributed by atoms with Gasteiger partial charge >= 0.3 is 0 Å². The second kappa shape index (κ2) is 5.94. The van der Waals surface area contributed by atoms with Crippen molar-refractivity contribution in [3.05, 3.63) is 0 Å². The molecule has 0 amide bonds. The number of rotatable bonds is 4. The van der Waals surface area contributed by atoms with Gasteiger partial charge in [0.15, 0.2) is 0 Å². The Labute approximate surface area is 124 Å². The molecule has 3 fully saturated rings. The molecule has 3 aliphatic rings. The number of ether oxygens (including phenoxy) is 1. The number of nitrogens with zero attached hydrogens (tertiary/aromatic N) is 1. The van der Waals surface area contributed by atoms with Crippen molar-refractivity contribution >= 4 is 0 Å². The molecule has 0 aromatic heterocycles. The summed E-state index contributed by atoms with van der Waals surface area (Å²) in [5.41, 5.74) is 0.784. The number of hydrogen-bond acceptors (Lipinski definition) is 3. The monoisotopic (exact) mass is 280 g/mol. The van der Waals surface area contributed by atoms with Crippen LogP contribution in [0.25, 0.3) is 0 Å². The zero-order chi connectivity index (χ0) is 14.1. The van der Waals surface area contributed by atoms with Gasteiger partial charge in [-0.1, -0.05) is 26.7 Å². The number of hydrogen-bond donors (Lipinski definition) is 1. The molecule has 2 saturated heterocycles. The minimum Gasteiger partial charge on any atom is -0.377 e. The Kier molecular flexibility index (Phi) is 4.40. The first-order chi connectivity index (χ1) is 9.72. The van der Waals surface area contributed by atoms with Gasteiger partial charge < -0.3 is 10.1 Å². The van der Waals surface area contributed by atoms with Crippen molar-refractivity contribution in [2.45, 2.75) is 82.4 Å². The van der Waals surface area contributed by atoms with Crippen molar-refractivity contribution in [3.63, 3.8) is 0 Å². The minimum atomic E-state index is 0.340. The molecule has 1 N–H and O–H groups in total. The van der Waals surface area contributed by atoms with Crippen molar-refractivity contribution in [2.75, 3.05) is 26.2 Å². The predicted molar refractivity (Wildman–Crippen MR) is 83.1 cm³/mol. The maximum atomic E-state index is 5.93. The van der Waals surface area contributed by atoms with Crippen LogP contribution in [-0.2, 0) is 4.74 Å². The van der Waals surface area contributed by atoms with E-state index in [2.05, 4.69) is 24.1 Å². The van der Waals surface area contributed by atoms with Crippen LogP contribution in [0, 0.1) is 0 Å². The summed E-state index contributed by atoms with van der Waals surface area (Å²) in [4.78, 5) is 2.83. The fourth-order valence-electron chi connectivity index (χ4n) is 4.59. The average Bonchev–Trinajstić information content (AvgIpc) is 3.14. The molecule has 1 spiro atoms. The predicted octanol–water partition coefficient (Wildman–Crippen LogP) is 2.94. The molecule has 2 heterocycles. The summed E-state index contributed by atoms with van der Waals surface area (Å²) >= 11 is 0. The van der Waals surface area contributed by atoms with Crippen molar-refractivity contribution in [1.82, 2.24) is 10.2 Å². The smallest absolute Gasteiger partial charge is 0.0703 e. The second-order valence-corrected chi connectivity index (χ2v) is 7.29. The normalized spacial score (nSPS) is 33.0. The minimum absolute atomic E-state index is 0.340. The van der Waals surface area contributed by atoms with E-state index in [9.17, 15) is 0 Å². The third-order valence-electron chi connectivity index (χ3n) is 6.29. The summed E-state index contributed by atoms with van der Waals surface area (Å²) < 4.78 is 5.93. The molecule has 3 rings (SSSR count). The lowest BCUT2D eigenvalue weighted by Gasteiger charge is -2.54. The van der Waals surface area contributed by atoms with Gasteiger partial charge in [0.2, 0.25) is 0 Å². The quantitative estimate of drug-likeness (QED) is 0.857. The average molecular weight is 280 g/mol. The summed E-state index contributed by atoms with van der Waals surface area (Å²) in [6, 6.07) is 0. The second-order valence-electron chi connectivity index (χ2n) is 7.29. The van der Waals surface area contributed by atoms with Crippen LogP contribution < -0.4 is 5.32 Å². The van der Waals surface area contributed by atoms with Gasteiger partial charge in [-0.2, -0.15) is 0 Å². The molecular formula is C17H32N2O. The van der Waals surface area contributed by atoms with E-state index in [-0.39, 0.29) is 0 Å². The maximum absolute atomic E-state index is 5.93. The molecule has 2 aliphatic heterocycles. The third-order valence-corrected chi connectivity index (χ3v) is 6.29. The molecule has 1 atom stereocenters. The first-order valence-corrected chi connectivity index (χ1v) is 8.84. The Morgan fingerprint density at radius 2 is 1.90 bits per heavy atom. The highest BCUT2D eigenvalue weighted by Crippen LogP contribution is 2.40. The van der Waals surface area contributed by atoms with Gasteiger partial charge in [-0.05, 0) is 38.5 Å². The Hall–Kier alpha value is -0.120. The molecule has 1 unspecified atom stereocenters. The van der Waals surface area contributed by atoms with E-state index in [1.807, 2.05) is 0 Å². The van der Waals surface area contributed by atoms with Gasteiger partial charge in [-0.15, -0.1) is 0 Å². The SMILES string of the molecule is CCC1(CC)CN(CC2CCCO2)C2(CCCC2)CN1. The van der Waals surface area contributed by atoms with E-state index in [0.717, 1.165) is 6.61 Å². The molecule has 0 radical (unpaired) electrons. The van der Waals surface area contributed by atoms with Crippen molar-refractivity contribution in [2.24, 2.45) is 0 Å². The first-order valence-electron chi connectivity index (χ1n) is 8.84. The van der Waals surface area contributed by atoms with Crippen LogP contribution in [0.4, 0.5) is 0 Å². The highest BCUT2D eigenvalue weighted by molar-refractivity contribution is 5.07. The van der Waals surface area contributed by atoms with E-state index < -0.39 is 0 Å². The molecule has 1 aliphatic carbocycles. The van der Waals surface area contributed by atoms with Crippen molar-refractivity contribution in [3.8, 4) is 0 Å². The third kappa shape index (κ3) is 2.65. The molecule has 0 bridgehead atoms. The van der Waals surface area contributed by atoms with Gasteiger partial charge in [0.25, 0.3) is 0 Å². The van der Waals surface area contributed by atoms with Crippen LogP contribution >= 0.6 is 0 Å². The maximum Gasteiger partial charge on any atom is 0.0703 e. The van der Waals surface area contributed by atoms with Crippen LogP contribution in [0.1, 0.15) is 65.2 Å². The highest BCUT2D eigenvalue weighted by Gasteiger charge is 2.47. The van der Waals surface area contributed by atoms with Crippen LogP contribution in [-0.4, -0.2) is 48.3 Å². The van der Waals surface area contributed by atoms with Crippen molar-refractivity contribution < 1.29 is 4.74 Å². The summed E-state index contributed by atoms with van der Waals surface area (Å²) in [5.74, 6) is 0. The van der Waals surface area contributed by atoms with E-state index in [1.54, 1.807) is 0 Å². The number of piperazine rings is 1. The van der Waals surface area contributed by atoms with Crippen LogP contribution in [0.5, 0.6) is 0 Å².